The second-order valence-corrected chi connectivity index (χ2v) is 8.01. The van der Waals surface area contributed by atoms with Crippen LogP contribution in [-0.2, 0) is 4.79 Å². The Morgan fingerprint density at radius 2 is 1.85 bits per heavy atom. The molecule has 1 saturated heterocycles. The third-order valence-corrected chi connectivity index (χ3v) is 5.21. The topological polar surface area (TPSA) is 114 Å². The standard InChI is InChI=1S/C23H26N6O4/c1-15(2)22-26-21(27-33-22)17-8-9-20(24-14-17)28-10-12-29(13-11-28)23(31)25-18-6-4-5-7-19(18)32-16(3)30/h4-9,14-15H,10-13H2,1-3H3,(H,25,31). The van der Waals surface area contributed by atoms with Crippen LogP contribution >= 0.6 is 0 Å². The van der Waals surface area contributed by atoms with Gasteiger partial charge in [0.2, 0.25) is 11.7 Å². The molecule has 3 aromatic rings. The normalized spacial score (nSPS) is 13.8. The summed E-state index contributed by atoms with van der Waals surface area (Å²) in [7, 11) is 0. The Labute approximate surface area is 191 Å². The predicted molar refractivity (Wildman–Crippen MR) is 122 cm³/mol. The summed E-state index contributed by atoms with van der Waals surface area (Å²) >= 11 is 0. The Balaban J connectivity index is 1.34. The molecular weight excluding hydrogens is 424 g/mol. The van der Waals surface area contributed by atoms with E-state index in [2.05, 4.69) is 25.3 Å². The fraction of sp³-hybridized carbons (Fsp3) is 0.348. The van der Waals surface area contributed by atoms with Crippen LogP contribution in [0.4, 0.5) is 16.3 Å². The van der Waals surface area contributed by atoms with Gasteiger partial charge in [0.05, 0.1) is 5.69 Å². The van der Waals surface area contributed by atoms with Gasteiger partial charge < -0.3 is 24.4 Å². The smallest absolute Gasteiger partial charge is 0.322 e. The summed E-state index contributed by atoms with van der Waals surface area (Å²) < 4.78 is 10.4. The molecule has 0 saturated carbocycles. The number of rotatable bonds is 5. The molecule has 0 atom stereocenters. The van der Waals surface area contributed by atoms with Gasteiger partial charge in [-0.25, -0.2) is 9.78 Å². The van der Waals surface area contributed by atoms with Crippen molar-refractivity contribution in [2.75, 3.05) is 36.4 Å². The van der Waals surface area contributed by atoms with Gasteiger partial charge in [0.1, 0.15) is 5.82 Å². The van der Waals surface area contributed by atoms with Gasteiger partial charge in [0.25, 0.3) is 0 Å². The third-order valence-electron chi connectivity index (χ3n) is 5.21. The summed E-state index contributed by atoms with van der Waals surface area (Å²) in [5.41, 5.74) is 1.25. The van der Waals surface area contributed by atoms with Crippen LogP contribution in [0.5, 0.6) is 5.75 Å². The number of esters is 1. The number of carbonyl (C=O) groups excluding carboxylic acids is 2. The van der Waals surface area contributed by atoms with E-state index in [0.717, 1.165) is 11.4 Å². The summed E-state index contributed by atoms with van der Waals surface area (Å²) in [6.45, 7) is 7.68. The van der Waals surface area contributed by atoms with Crippen molar-refractivity contribution >= 4 is 23.5 Å². The average Bonchev–Trinajstić information content (AvgIpc) is 3.31. The average molecular weight is 450 g/mol. The highest BCUT2D eigenvalue weighted by Crippen LogP contribution is 2.25. The van der Waals surface area contributed by atoms with E-state index in [1.807, 2.05) is 26.0 Å². The van der Waals surface area contributed by atoms with Crippen LogP contribution in [0.25, 0.3) is 11.4 Å². The third kappa shape index (κ3) is 5.28. The van der Waals surface area contributed by atoms with E-state index < -0.39 is 5.97 Å². The molecule has 0 bridgehead atoms. The first kappa shape index (κ1) is 22.3. The number of benzene rings is 1. The number of urea groups is 1. The van der Waals surface area contributed by atoms with Crippen molar-refractivity contribution in [2.45, 2.75) is 26.7 Å². The molecule has 172 valence electrons. The molecule has 1 aromatic carbocycles. The first-order valence-corrected chi connectivity index (χ1v) is 10.8. The van der Waals surface area contributed by atoms with Gasteiger partial charge in [0, 0.05) is 50.8 Å². The number of amides is 2. The number of carbonyl (C=O) groups is 2. The van der Waals surface area contributed by atoms with Crippen molar-refractivity contribution in [3.63, 3.8) is 0 Å². The zero-order valence-electron chi connectivity index (χ0n) is 18.8. The van der Waals surface area contributed by atoms with Gasteiger partial charge in [-0.2, -0.15) is 4.98 Å². The van der Waals surface area contributed by atoms with Crippen LogP contribution in [-0.4, -0.2) is 58.2 Å². The molecule has 1 N–H and O–H groups in total. The van der Waals surface area contributed by atoms with E-state index in [1.165, 1.54) is 6.92 Å². The van der Waals surface area contributed by atoms with Crippen molar-refractivity contribution in [3.05, 3.63) is 48.5 Å². The van der Waals surface area contributed by atoms with Gasteiger partial charge in [-0.3, -0.25) is 4.79 Å². The molecule has 10 nitrogen and oxygen atoms in total. The first-order chi connectivity index (χ1) is 15.9. The molecule has 1 aliphatic heterocycles. The Morgan fingerprint density at radius 1 is 1.09 bits per heavy atom. The molecule has 1 fully saturated rings. The minimum absolute atomic E-state index is 0.169. The second kappa shape index (κ2) is 9.68. The maximum Gasteiger partial charge on any atom is 0.322 e. The quantitative estimate of drug-likeness (QED) is 0.464. The molecule has 0 radical (unpaired) electrons. The van der Waals surface area contributed by atoms with Crippen molar-refractivity contribution in [1.82, 2.24) is 20.0 Å². The van der Waals surface area contributed by atoms with Crippen molar-refractivity contribution in [3.8, 4) is 17.1 Å². The molecule has 0 unspecified atom stereocenters. The van der Waals surface area contributed by atoms with Crippen molar-refractivity contribution in [1.29, 1.82) is 0 Å². The molecule has 3 heterocycles. The van der Waals surface area contributed by atoms with E-state index in [9.17, 15) is 9.59 Å². The lowest BCUT2D eigenvalue weighted by molar-refractivity contribution is -0.131. The molecular formula is C23H26N6O4. The monoisotopic (exact) mass is 450 g/mol. The van der Waals surface area contributed by atoms with Crippen LogP contribution in [0.1, 0.15) is 32.6 Å². The Hall–Kier alpha value is -3.95. The molecule has 10 heteroatoms. The molecule has 2 amide bonds. The SMILES string of the molecule is CC(=O)Oc1ccccc1NC(=O)N1CCN(c2ccc(-c3noc(C(C)C)n3)cn2)CC1. The van der Waals surface area contributed by atoms with Crippen LogP contribution in [0.15, 0.2) is 47.1 Å². The summed E-state index contributed by atoms with van der Waals surface area (Å²) in [5, 5.41) is 6.85. The number of hydrogen-bond donors (Lipinski definition) is 1. The zero-order chi connectivity index (χ0) is 23.4. The van der Waals surface area contributed by atoms with Gasteiger partial charge in [-0.05, 0) is 24.3 Å². The lowest BCUT2D eigenvalue weighted by atomic mass is 10.2. The van der Waals surface area contributed by atoms with Gasteiger partial charge in [0.15, 0.2) is 5.75 Å². The lowest BCUT2D eigenvalue weighted by Gasteiger charge is -2.35. The summed E-state index contributed by atoms with van der Waals surface area (Å²) in [4.78, 5) is 36.8. The number of ether oxygens (including phenoxy) is 1. The summed E-state index contributed by atoms with van der Waals surface area (Å²) in [6.07, 6.45) is 1.73. The largest absolute Gasteiger partial charge is 0.424 e. The summed E-state index contributed by atoms with van der Waals surface area (Å²) in [5.74, 6) is 1.99. The maximum atomic E-state index is 12.7. The number of nitrogens with zero attached hydrogens (tertiary/aromatic N) is 5. The minimum atomic E-state index is -0.441. The molecule has 1 aliphatic rings. The van der Waals surface area contributed by atoms with Crippen LogP contribution in [0.3, 0.4) is 0 Å². The zero-order valence-corrected chi connectivity index (χ0v) is 18.8. The first-order valence-electron chi connectivity index (χ1n) is 10.8. The fourth-order valence-electron chi connectivity index (χ4n) is 3.44. The van der Waals surface area contributed by atoms with Gasteiger partial charge >= 0.3 is 12.0 Å². The van der Waals surface area contributed by atoms with E-state index in [0.29, 0.717) is 49.3 Å². The second-order valence-electron chi connectivity index (χ2n) is 8.01. The predicted octanol–water partition coefficient (Wildman–Crippen LogP) is 3.53. The van der Waals surface area contributed by atoms with Crippen molar-refractivity contribution < 1.29 is 18.8 Å². The fourth-order valence-corrected chi connectivity index (χ4v) is 3.44. The highest BCUT2D eigenvalue weighted by molar-refractivity contribution is 5.91. The molecule has 0 spiro atoms. The number of para-hydroxylation sites is 2. The lowest BCUT2D eigenvalue weighted by Crippen LogP contribution is -2.50. The number of anilines is 2. The van der Waals surface area contributed by atoms with Crippen molar-refractivity contribution in [2.24, 2.45) is 0 Å². The number of piperazine rings is 1. The molecule has 33 heavy (non-hydrogen) atoms. The van der Waals surface area contributed by atoms with Crippen LogP contribution in [0.2, 0.25) is 0 Å². The molecule has 0 aliphatic carbocycles. The van der Waals surface area contributed by atoms with E-state index in [4.69, 9.17) is 9.26 Å². The van der Waals surface area contributed by atoms with Crippen LogP contribution < -0.4 is 15.0 Å². The minimum Gasteiger partial charge on any atom is -0.424 e. The number of pyridine rings is 1. The van der Waals surface area contributed by atoms with Gasteiger partial charge in [-0.15, -0.1) is 0 Å². The Morgan fingerprint density at radius 3 is 2.48 bits per heavy atom. The number of aromatic nitrogens is 3. The van der Waals surface area contributed by atoms with Gasteiger partial charge in [-0.1, -0.05) is 31.1 Å². The molecule has 4 rings (SSSR count). The van der Waals surface area contributed by atoms with E-state index in [1.54, 1.807) is 35.4 Å². The van der Waals surface area contributed by atoms with E-state index in [-0.39, 0.29) is 11.9 Å². The summed E-state index contributed by atoms with van der Waals surface area (Å²) in [6, 6.07) is 10.5. The number of nitrogens with one attached hydrogen (secondary N) is 1. The highest BCUT2D eigenvalue weighted by atomic mass is 16.5. The number of hydrogen-bond acceptors (Lipinski definition) is 8. The Kier molecular flexibility index (Phi) is 6.53. The van der Waals surface area contributed by atoms with Crippen LogP contribution in [0, 0.1) is 0 Å². The highest BCUT2D eigenvalue weighted by Gasteiger charge is 2.23. The maximum absolute atomic E-state index is 12.7. The van der Waals surface area contributed by atoms with E-state index >= 15 is 0 Å². The Bertz CT molecular complexity index is 1120. The molecule has 2 aromatic heterocycles.